The lowest BCUT2D eigenvalue weighted by Crippen LogP contribution is -1.65. The van der Waals surface area contributed by atoms with E-state index in [0.29, 0.717) is 0 Å². The van der Waals surface area contributed by atoms with E-state index in [-0.39, 0.29) is 0 Å². The van der Waals surface area contributed by atoms with Gasteiger partial charge in [-0.1, -0.05) is 108 Å². The van der Waals surface area contributed by atoms with Crippen LogP contribution in [0.1, 0.15) is 0 Å². The lowest BCUT2D eigenvalue weighted by atomic mass is 10.4. The minimum Gasteiger partial charge on any atom is -0.0815 e. The summed E-state index contributed by atoms with van der Waals surface area (Å²) in [4.78, 5) is 5.42. The number of fused-ring (bicyclic) bond motifs is 2. The molecule has 2 aliphatic rings. The predicted molar refractivity (Wildman–Crippen MR) is 120 cm³/mol. The van der Waals surface area contributed by atoms with E-state index >= 15 is 0 Å². The van der Waals surface area contributed by atoms with E-state index in [1.165, 1.54) is 28.1 Å². The third kappa shape index (κ3) is 4.63. The fraction of sp³-hybridized carbons (Fsp3) is 0. The molecule has 2 aromatic carbocycles. The number of allylic oxidation sites excluding steroid dienone is 8. The van der Waals surface area contributed by atoms with E-state index in [2.05, 4.69) is 97.1 Å². The average Bonchev–Trinajstić information content (AvgIpc) is 3.26. The molecule has 0 N–H and O–H groups in total. The van der Waals surface area contributed by atoms with Crippen molar-refractivity contribution in [3.05, 3.63) is 106 Å². The van der Waals surface area contributed by atoms with Gasteiger partial charge in [0.05, 0.1) is 0 Å². The molecule has 0 bridgehead atoms. The lowest BCUT2D eigenvalue weighted by molar-refractivity contribution is 1.27. The number of hydrogen-bond acceptors (Lipinski definition) is 4. The molecule has 0 aliphatic carbocycles. The van der Waals surface area contributed by atoms with Crippen LogP contribution in [-0.4, -0.2) is 0 Å². The molecule has 2 heterocycles. The SMILES string of the molecule is C(/C=C/C=C/C=C/C=C1Sc2ccccc2S1)=C1Sc2ccccc2S1. The van der Waals surface area contributed by atoms with Crippen LogP contribution < -0.4 is 0 Å². The highest BCUT2D eigenvalue weighted by atomic mass is 32.2. The van der Waals surface area contributed by atoms with Crippen molar-refractivity contribution in [2.45, 2.75) is 19.6 Å². The van der Waals surface area contributed by atoms with Crippen LogP contribution in [-0.2, 0) is 0 Å². The molecule has 0 aromatic heterocycles. The Bertz CT molecular complexity index is 817. The topological polar surface area (TPSA) is 0 Å². The van der Waals surface area contributed by atoms with E-state index in [1.807, 2.05) is 47.0 Å². The quantitative estimate of drug-likeness (QED) is 0.468. The second kappa shape index (κ2) is 8.96. The molecule has 0 unspecified atom stereocenters. The zero-order valence-electron chi connectivity index (χ0n) is 13.9. The first kappa shape index (κ1) is 17.9. The Balaban J connectivity index is 1.25. The highest BCUT2D eigenvalue weighted by Crippen LogP contribution is 2.51. The second-order valence-corrected chi connectivity index (χ2v) is 10.3. The summed E-state index contributed by atoms with van der Waals surface area (Å²) in [5, 5.41) is 0. The van der Waals surface area contributed by atoms with Crippen molar-refractivity contribution in [2.75, 3.05) is 0 Å². The molecule has 0 atom stereocenters. The van der Waals surface area contributed by atoms with Crippen LogP contribution in [0.3, 0.4) is 0 Å². The first-order chi connectivity index (χ1) is 12.9. The molecule has 0 amide bonds. The van der Waals surface area contributed by atoms with Gasteiger partial charge in [-0.2, -0.15) is 0 Å². The van der Waals surface area contributed by atoms with Gasteiger partial charge in [0.2, 0.25) is 0 Å². The molecular formula is C22H16S4. The Labute approximate surface area is 171 Å². The van der Waals surface area contributed by atoms with Gasteiger partial charge in [-0.15, -0.1) is 0 Å². The number of thioether (sulfide) groups is 4. The van der Waals surface area contributed by atoms with Gasteiger partial charge in [-0.05, 0) is 36.4 Å². The third-order valence-electron chi connectivity index (χ3n) is 3.56. The average molecular weight is 409 g/mol. The molecule has 0 saturated carbocycles. The standard InChI is InChI=1S/C22H16S4/c1(3-5-15-21-23-17-11-7-8-12-18(17)24-21)2-4-6-16-22-25-19-13-9-10-14-20(19)26-22/h1-16H/b2-1+,5-3+,6-4+. The molecule has 0 radical (unpaired) electrons. The maximum atomic E-state index is 2.18. The Morgan fingerprint density at radius 1 is 0.423 bits per heavy atom. The van der Waals surface area contributed by atoms with Crippen molar-refractivity contribution in [1.29, 1.82) is 0 Å². The van der Waals surface area contributed by atoms with Crippen LogP contribution in [0.4, 0.5) is 0 Å². The van der Waals surface area contributed by atoms with Gasteiger partial charge in [0.25, 0.3) is 0 Å². The molecule has 128 valence electrons. The minimum absolute atomic E-state index is 1.32. The van der Waals surface area contributed by atoms with Gasteiger partial charge in [-0.3, -0.25) is 0 Å². The molecule has 26 heavy (non-hydrogen) atoms. The molecule has 0 spiro atoms. The van der Waals surface area contributed by atoms with Gasteiger partial charge >= 0.3 is 0 Å². The van der Waals surface area contributed by atoms with Crippen molar-refractivity contribution < 1.29 is 0 Å². The first-order valence-electron chi connectivity index (χ1n) is 8.20. The van der Waals surface area contributed by atoms with Gasteiger partial charge in [0.15, 0.2) is 0 Å². The zero-order valence-corrected chi connectivity index (χ0v) is 17.1. The summed E-state index contributed by atoms with van der Waals surface area (Å²) in [6.45, 7) is 0. The van der Waals surface area contributed by atoms with E-state index in [0.717, 1.165) is 0 Å². The summed E-state index contributed by atoms with van der Waals surface area (Å²) in [5.41, 5.74) is 0. The maximum Gasteiger partial charge on any atom is 0.0499 e. The van der Waals surface area contributed by atoms with E-state index in [4.69, 9.17) is 0 Å². The fourth-order valence-electron chi connectivity index (χ4n) is 2.37. The number of rotatable bonds is 4. The van der Waals surface area contributed by atoms with Gasteiger partial charge in [0, 0.05) is 28.1 Å². The van der Waals surface area contributed by atoms with Crippen molar-refractivity contribution in [3.63, 3.8) is 0 Å². The van der Waals surface area contributed by atoms with Gasteiger partial charge in [0.1, 0.15) is 0 Å². The fourth-order valence-corrected chi connectivity index (χ4v) is 7.00. The molecule has 0 fully saturated rings. The Kier molecular flexibility index (Phi) is 6.18. The largest absolute Gasteiger partial charge is 0.0815 e. The highest BCUT2D eigenvalue weighted by Gasteiger charge is 2.16. The third-order valence-corrected chi connectivity index (χ3v) is 8.47. The highest BCUT2D eigenvalue weighted by molar-refractivity contribution is 8.25. The number of benzene rings is 2. The molecule has 4 rings (SSSR count). The molecular weight excluding hydrogens is 393 g/mol. The summed E-state index contributed by atoms with van der Waals surface area (Å²) in [6.07, 6.45) is 16.8. The minimum atomic E-state index is 1.32. The summed E-state index contributed by atoms with van der Waals surface area (Å²) < 4.78 is 2.65. The smallest absolute Gasteiger partial charge is 0.0499 e. The van der Waals surface area contributed by atoms with Gasteiger partial charge in [-0.25, -0.2) is 0 Å². The van der Waals surface area contributed by atoms with Crippen LogP contribution in [0.2, 0.25) is 0 Å². The monoisotopic (exact) mass is 408 g/mol. The first-order valence-corrected chi connectivity index (χ1v) is 11.5. The molecule has 0 saturated heterocycles. The predicted octanol–water partition coefficient (Wildman–Crippen LogP) is 8.13. The van der Waals surface area contributed by atoms with E-state index in [9.17, 15) is 0 Å². The molecule has 2 aliphatic heterocycles. The van der Waals surface area contributed by atoms with E-state index < -0.39 is 0 Å². The van der Waals surface area contributed by atoms with Crippen LogP contribution in [0.25, 0.3) is 0 Å². The molecule has 4 heteroatoms. The summed E-state index contributed by atoms with van der Waals surface area (Å²) >= 11 is 7.36. The summed E-state index contributed by atoms with van der Waals surface area (Å²) in [6, 6.07) is 17.1. The van der Waals surface area contributed by atoms with Crippen molar-refractivity contribution >= 4 is 47.0 Å². The number of hydrogen-bond donors (Lipinski definition) is 0. The Hall–Kier alpha value is -1.46. The summed E-state index contributed by atoms with van der Waals surface area (Å²) in [7, 11) is 0. The van der Waals surface area contributed by atoms with Crippen LogP contribution in [0.5, 0.6) is 0 Å². The van der Waals surface area contributed by atoms with Crippen molar-refractivity contribution in [3.8, 4) is 0 Å². The van der Waals surface area contributed by atoms with Crippen LogP contribution >= 0.6 is 47.0 Å². The molecule has 2 aromatic rings. The van der Waals surface area contributed by atoms with E-state index in [1.54, 1.807) is 0 Å². The molecule has 0 nitrogen and oxygen atoms in total. The maximum absolute atomic E-state index is 2.18. The van der Waals surface area contributed by atoms with Crippen molar-refractivity contribution in [2.24, 2.45) is 0 Å². The van der Waals surface area contributed by atoms with Gasteiger partial charge < -0.3 is 0 Å². The summed E-state index contributed by atoms with van der Waals surface area (Å²) in [5.74, 6) is 0. The normalized spacial score (nSPS) is 16.0. The van der Waals surface area contributed by atoms with Crippen LogP contribution in [0, 0.1) is 0 Å². The van der Waals surface area contributed by atoms with Crippen LogP contribution in [0.15, 0.2) is 125 Å². The Morgan fingerprint density at radius 3 is 1.08 bits per heavy atom. The Morgan fingerprint density at radius 2 is 0.731 bits per heavy atom. The second-order valence-electron chi connectivity index (χ2n) is 5.43. The van der Waals surface area contributed by atoms with Crippen molar-refractivity contribution in [1.82, 2.24) is 0 Å². The zero-order chi connectivity index (χ0) is 17.6. The lowest BCUT2D eigenvalue weighted by Gasteiger charge is -1.90.